The fourth-order valence-corrected chi connectivity index (χ4v) is 5.19. The molecular weight excluding hydrogens is 583 g/mol. The molecule has 2 N–H and O–H groups in total. The minimum absolute atomic E-state index is 0.169. The monoisotopic (exact) mass is 621 g/mol. The summed E-state index contributed by atoms with van der Waals surface area (Å²) < 4.78 is 44.6. The number of hydrogen-bond donors (Lipinski definition) is 2. The molecule has 1 unspecified atom stereocenters. The number of aliphatic hydroxyl groups excluding tert-OH is 1. The summed E-state index contributed by atoms with van der Waals surface area (Å²) in [6.45, 7) is 8.50. The second-order valence-electron chi connectivity index (χ2n) is 10.6. The van der Waals surface area contributed by atoms with Crippen LogP contribution in [0.25, 0.3) is 23.1 Å². The Morgan fingerprint density at radius 2 is 1.71 bits per heavy atom. The highest BCUT2D eigenvalue weighted by Crippen LogP contribution is 2.30. The third-order valence-electron chi connectivity index (χ3n) is 7.68. The van der Waals surface area contributed by atoms with Crippen molar-refractivity contribution in [1.29, 1.82) is 5.26 Å². The Bertz CT molecular complexity index is 1650. The summed E-state index contributed by atoms with van der Waals surface area (Å²) in [6, 6.07) is 14.5. The highest BCUT2D eigenvalue weighted by molar-refractivity contribution is 5.92. The van der Waals surface area contributed by atoms with Gasteiger partial charge in [0.1, 0.15) is 5.35 Å². The zero-order valence-corrected chi connectivity index (χ0v) is 25.7. The first-order chi connectivity index (χ1) is 21.6. The largest absolute Gasteiger partial charge is 0.436 e. The van der Waals surface area contributed by atoms with Crippen LogP contribution in [0, 0.1) is 11.3 Å². The van der Waals surface area contributed by atoms with Crippen LogP contribution >= 0.6 is 0 Å². The van der Waals surface area contributed by atoms with Crippen molar-refractivity contribution in [2.75, 3.05) is 42.9 Å². The molecule has 1 fully saturated rings. The van der Waals surface area contributed by atoms with Crippen LogP contribution in [0.1, 0.15) is 45.6 Å². The molecule has 0 saturated carbocycles. The normalized spacial score (nSPS) is 18.4. The number of hydrogen-bond acceptors (Lipinski definition) is 7. The number of alkyl halides is 3. The van der Waals surface area contributed by atoms with E-state index in [0.717, 1.165) is 17.8 Å². The average molecular weight is 622 g/mol. The first-order valence-corrected chi connectivity index (χ1v) is 15.2. The first-order valence-electron chi connectivity index (χ1n) is 15.2. The van der Waals surface area contributed by atoms with Crippen molar-refractivity contribution in [3.05, 3.63) is 76.5 Å². The summed E-state index contributed by atoms with van der Waals surface area (Å²) in [5.41, 5.74) is 3.19. The number of allylic oxidation sites excluding steroid dienone is 2. The molecular formula is C34H38F3N5O3. The van der Waals surface area contributed by atoms with Gasteiger partial charge in [0.15, 0.2) is 5.42 Å². The van der Waals surface area contributed by atoms with E-state index in [2.05, 4.69) is 16.4 Å². The van der Waals surface area contributed by atoms with Gasteiger partial charge in [0.25, 0.3) is 0 Å². The van der Waals surface area contributed by atoms with Crippen LogP contribution in [0.4, 0.5) is 24.5 Å². The zero-order valence-electron chi connectivity index (χ0n) is 25.7. The molecule has 0 radical (unpaired) electrons. The second kappa shape index (κ2) is 15.1. The van der Waals surface area contributed by atoms with Crippen LogP contribution in [0.2, 0.25) is 0 Å². The smallest absolute Gasteiger partial charge is 0.416 e. The maximum atomic E-state index is 12.8. The lowest BCUT2D eigenvalue weighted by atomic mass is 10.00. The molecule has 1 aliphatic carbocycles. The van der Waals surface area contributed by atoms with Crippen molar-refractivity contribution in [3.63, 3.8) is 0 Å². The number of amides is 1. The van der Waals surface area contributed by atoms with Crippen LogP contribution in [0.15, 0.2) is 64.6 Å². The van der Waals surface area contributed by atoms with Gasteiger partial charge in [-0.1, -0.05) is 26.8 Å². The Morgan fingerprint density at radius 3 is 2.31 bits per heavy atom. The number of nitrogens with one attached hydrogen (secondary N) is 1. The third-order valence-corrected chi connectivity index (χ3v) is 7.68. The van der Waals surface area contributed by atoms with E-state index < -0.39 is 17.8 Å². The average Bonchev–Trinajstić information content (AvgIpc) is 3.45. The molecule has 1 amide bonds. The molecule has 1 atom stereocenters. The van der Waals surface area contributed by atoms with Gasteiger partial charge >= 0.3 is 6.18 Å². The quantitative estimate of drug-likeness (QED) is 0.379. The Labute approximate surface area is 260 Å². The van der Waals surface area contributed by atoms with Crippen molar-refractivity contribution in [1.82, 2.24) is 9.88 Å². The van der Waals surface area contributed by atoms with Crippen LogP contribution in [0.5, 0.6) is 0 Å². The molecule has 0 bridgehead atoms. The van der Waals surface area contributed by atoms with Crippen LogP contribution < -0.4 is 21.0 Å². The van der Waals surface area contributed by atoms with Gasteiger partial charge in [0, 0.05) is 60.7 Å². The number of carbonyl (C=O) groups is 1. The van der Waals surface area contributed by atoms with Crippen LogP contribution in [0.3, 0.4) is 0 Å². The first kappa shape index (κ1) is 33.5. The Balaban J connectivity index is 0.00000226. The predicted molar refractivity (Wildman–Crippen MR) is 168 cm³/mol. The van der Waals surface area contributed by atoms with Crippen molar-refractivity contribution in [2.45, 2.75) is 52.3 Å². The molecule has 8 nitrogen and oxygen atoms in total. The van der Waals surface area contributed by atoms with Gasteiger partial charge in [-0.3, -0.25) is 9.69 Å². The van der Waals surface area contributed by atoms with E-state index >= 15 is 0 Å². The van der Waals surface area contributed by atoms with Gasteiger partial charge in [-0.15, -0.1) is 0 Å². The molecule has 2 aromatic carbocycles. The van der Waals surface area contributed by atoms with E-state index in [1.165, 1.54) is 12.1 Å². The number of rotatable bonds is 7. The van der Waals surface area contributed by atoms with Crippen molar-refractivity contribution in [2.24, 2.45) is 0 Å². The predicted octanol–water partition coefficient (Wildman–Crippen LogP) is 5.09. The molecule has 2 heterocycles. The summed E-state index contributed by atoms with van der Waals surface area (Å²) in [7, 11) is 0. The number of fused-ring (bicyclic) bond motifs is 1. The second-order valence-corrected chi connectivity index (χ2v) is 10.6. The van der Waals surface area contributed by atoms with Crippen LogP contribution in [-0.4, -0.2) is 59.7 Å². The Hall–Kier alpha value is -4.40. The molecule has 1 aliphatic heterocycles. The van der Waals surface area contributed by atoms with Crippen molar-refractivity contribution >= 4 is 28.9 Å². The molecule has 11 heteroatoms. The van der Waals surface area contributed by atoms with Crippen LogP contribution in [-0.2, 0) is 11.0 Å². The number of carbonyl (C=O) groups excluding carboxylic acids is 1. The molecule has 238 valence electrons. The number of piperazine rings is 1. The standard InChI is InChI=1S/C32H32F3N5O3.C2H6/c1-2-28(41)26-13-3-21(19-36)4-14-27-30(26)43-31(38-27)22-5-9-24(10-6-22)37-29(42)20-39-15-17-40(18-16-39)25-11-7-23(8-12-25)32(33,34)35;1-2/h3,5-12,14,28,41H,2,4,13,15-18,20H2,1H3,(H,37,42);1-2H3/b21-3+,27-14?,30-26-;. The lowest BCUT2D eigenvalue weighted by molar-refractivity contribution is -0.137. The number of aliphatic hydroxyl groups is 1. The Kier molecular flexibility index (Phi) is 11.2. The lowest BCUT2D eigenvalue weighted by Gasteiger charge is -2.35. The number of benzene rings is 2. The summed E-state index contributed by atoms with van der Waals surface area (Å²) in [6.07, 6.45) is -0.0933. The fraction of sp³-hybridized carbons (Fsp3) is 0.382. The minimum atomic E-state index is -4.36. The Morgan fingerprint density at radius 1 is 1.04 bits per heavy atom. The van der Waals surface area contributed by atoms with Gasteiger partial charge in [0.2, 0.25) is 11.8 Å². The van der Waals surface area contributed by atoms with Gasteiger partial charge < -0.3 is 19.7 Å². The molecule has 1 saturated heterocycles. The summed E-state index contributed by atoms with van der Waals surface area (Å²) >= 11 is 0. The zero-order chi connectivity index (χ0) is 32.6. The summed E-state index contributed by atoms with van der Waals surface area (Å²) in [4.78, 5) is 21.4. The molecule has 0 spiro atoms. The van der Waals surface area contributed by atoms with Gasteiger partial charge in [-0.05, 0) is 67.4 Å². The molecule has 5 rings (SSSR count). The number of anilines is 2. The van der Waals surface area contributed by atoms with E-state index in [-0.39, 0.29) is 12.5 Å². The minimum Gasteiger partial charge on any atom is -0.436 e. The van der Waals surface area contributed by atoms with Gasteiger partial charge in [0.05, 0.1) is 24.3 Å². The van der Waals surface area contributed by atoms with E-state index in [1.807, 2.05) is 42.7 Å². The number of nitriles is 1. The topological polar surface area (TPSA) is 106 Å². The fourth-order valence-electron chi connectivity index (χ4n) is 5.19. The molecule has 2 aliphatic rings. The molecule has 1 aromatic heterocycles. The van der Waals surface area contributed by atoms with E-state index in [4.69, 9.17) is 4.42 Å². The van der Waals surface area contributed by atoms with E-state index in [0.29, 0.717) is 84.5 Å². The number of aromatic nitrogens is 1. The summed E-state index contributed by atoms with van der Waals surface area (Å²) in [5.74, 6) is 0.212. The highest BCUT2D eigenvalue weighted by Gasteiger charge is 2.30. The summed E-state index contributed by atoms with van der Waals surface area (Å²) in [5, 5.41) is 23.5. The SMILES string of the molecule is CC.CCC(O)/C1=c2\oc(-c3ccc(NC(=O)CN4CCN(c5ccc(C(F)(F)F)cc5)CC4)cc3)nc2=CC/C(C#N)=C\C1. The van der Waals surface area contributed by atoms with Crippen molar-refractivity contribution in [3.8, 4) is 17.5 Å². The lowest BCUT2D eigenvalue weighted by Crippen LogP contribution is -2.48. The molecule has 3 aromatic rings. The molecule has 45 heavy (non-hydrogen) atoms. The van der Waals surface area contributed by atoms with E-state index in [9.17, 15) is 28.3 Å². The highest BCUT2D eigenvalue weighted by atomic mass is 19.4. The number of nitrogens with zero attached hydrogens (tertiary/aromatic N) is 4. The van der Waals surface area contributed by atoms with E-state index in [1.54, 1.807) is 24.3 Å². The van der Waals surface area contributed by atoms with Crippen molar-refractivity contribution < 1.29 is 27.5 Å². The van der Waals surface area contributed by atoms with Gasteiger partial charge in [-0.2, -0.15) is 18.4 Å². The number of halogens is 3. The third kappa shape index (κ3) is 8.41. The number of oxazole rings is 1. The maximum Gasteiger partial charge on any atom is 0.416 e. The van der Waals surface area contributed by atoms with Gasteiger partial charge in [-0.25, -0.2) is 4.98 Å². The maximum absolute atomic E-state index is 12.8.